The van der Waals surface area contributed by atoms with Crippen molar-refractivity contribution in [1.29, 1.82) is 10.5 Å². The third-order valence-electron chi connectivity index (χ3n) is 17.3. The molecule has 0 spiro atoms. The Bertz CT molecular complexity index is 6050. The number of imidazole rings is 4. The van der Waals surface area contributed by atoms with Crippen molar-refractivity contribution in [1.82, 2.24) is 59.5 Å². The van der Waals surface area contributed by atoms with Crippen molar-refractivity contribution in [2.75, 3.05) is 21.3 Å². The van der Waals surface area contributed by atoms with E-state index in [9.17, 15) is 31.1 Å². The molecule has 0 aliphatic carbocycles. The number of guanidine groups is 3. The van der Waals surface area contributed by atoms with E-state index >= 15 is 0 Å². The number of benzene rings is 9. The summed E-state index contributed by atoms with van der Waals surface area (Å²) in [5.41, 5.74) is 1.51. The van der Waals surface area contributed by atoms with E-state index in [-0.39, 0.29) is 47.1 Å². The molecule has 4 aromatic heterocycles. The standard InChI is InChI=1S/C25H19Cl4N5O.C21H14Cl2F6N6.C19H14Cl4N6.C18H14Cl4N4S/c26-17-3-1-16(2-4-17)24(35)33-25(31-20-8-5-18(27)6-9-20)32-23(14-34-12-11-30-15-34)21-10-7-19(28)13-22(21)29;22-13-2-4-17(16(23)8-13)33-19(32-10-30)34-18(9-35-6-5-31-11-35)14-7-12(20(24,25)26)1-3-15(14)21(27,28)29;20-12-1-3-14(15(22)7-12)18(9-29-6-5-25-11-29)28-19(26-10-24)27-17-4-2-13(21)8-16(17)23;19-11-1-3-13(14(21)7-11)17(9-26-6-5-23-10-26)25-18(27)24-16-4-2-12(20)8-15(16)22/h1-13,15,23H,14H2,(H2,31,32,33,35);1-8,11,18H,9H2,(H2,32,33,34);1-8,11,18H,9H2,(H2,26,27,28);1-8,10,17H,9H2,(H2,24,25,27). The van der Waals surface area contributed by atoms with E-state index < -0.39 is 47.2 Å². The summed E-state index contributed by atoms with van der Waals surface area (Å²) in [7, 11) is 0. The van der Waals surface area contributed by atoms with E-state index in [0.29, 0.717) is 131 Å². The Morgan fingerprint density at radius 2 is 0.738 bits per heavy atom. The summed E-state index contributed by atoms with van der Waals surface area (Å²) in [6.45, 7) is 1.10. The number of aromatic nitrogens is 8. The maximum Gasteiger partial charge on any atom is 0.416 e. The molecule has 126 heavy (non-hydrogen) atoms. The molecule has 43 heteroatoms. The van der Waals surface area contributed by atoms with Crippen LogP contribution in [0.4, 0.5) is 49.1 Å². The maximum absolute atomic E-state index is 13.8. The van der Waals surface area contributed by atoms with Crippen molar-refractivity contribution in [2.24, 2.45) is 15.0 Å². The number of alkyl halides is 6. The predicted molar refractivity (Wildman–Crippen MR) is 495 cm³/mol. The van der Waals surface area contributed by atoms with Crippen LogP contribution in [0, 0.1) is 22.9 Å². The summed E-state index contributed by atoms with van der Waals surface area (Å²) >= 11 is 91.2. The smallest absolute Gasteiger partial charge is 0.354 e. The van der Waals surface area contributed by atoms with Gasteiger partial charge in [0.15, 0.2) is 17.5 Å². The van der Waals surface area contributed by atoms with Crippen LogP contribution in [0.25, 0.3) is 0 Å². The molecule has 9 aromatic carbocycles. The zero-order chi connectivity index (χ0) is 90.8. The largest absolute Gasteiger partial charge is 0.416 e. The van der Waals surface area contributed by atoms with Gasteiger partial charge in [-0.2, -0.15) is 36.9 Å². The number of rotatable bonds is 21. The van der Waals surface area contributed by atoms with Crippen molar-refractivity contribution < 1.29 is 31.1 Å². The van der Waals surface area contributed by atoms with E-state index in [2.05, 4.69) is 72.5 Å². The molecule has 0 saturated heterocycles. The fraction of sp³-hybridized carbons (Fsp3) is 0.120. The van der Waals surface area contributed by atoms with Gasteiger partial charge in [0.2, 0.25) is 17.9 Å². The number of hydrogen-bond donors (Lipinski definition) is 8. The molecule has 650 valence electrons. The van der Waals surface area contributed by atoms with Crippen LogP contribution in [0.2, 0.25) is 70.3 Å². The summed E-state index contributed by atoms with van der Waals surface area (Å²) in [6.07, 6.45) is 13.3. The van der Waals surface area contributed by atoms with Gasteiger partial charge in [0.05, 0.1) is 112 Å². The molecule has 0 saturated carbocycles. The van der Waals surface area contributed by atoms with Gasteiger partial charge in [-0.25, -0.2) is 34.9 Å². The van der Waals surface area contributed by atoms with Crippen LogP contribution in [-0.2, 0) is 38.5 Å². The highest BCUT2D eigenvalue weighted by atomic mass is 35.5. The number of thiocarbonyl (C=S) groups is 1. The molecular weight excluding hydrogens is 1950 g/mol. The summed E-state index contributed by atoms with van der Waals surface area (Å²) < 4.78 is 88.4. The van der Waals surface area contributed by atoms with Crippen molar-refractivity contribution in [3.8, 4) is 12.4 Å². The van der Waals surface area contributed by atoms with Crippen LogP contribution in [0.1, 0.15) is 67.9 Å². The van der Waals surface area contributed by atoms with Gasteiger partial charge in [-0.05, 0) is 192 Å². The Labute approximate surface area is 792 Å². The third kappa shape index (κ3) is 30.1. The second-order valence-electron chi connectivity index (χ2n) is 26.2. The second-order valence-corrected chi connectivity index (χ2v) is 32.5. The van der Waals surface area contributed by atoms with E-state index in [4.69, 9.17) is 190 Å². The van der Waals surface area contributed by atoms with Gasteiger partial charge in [0, 0.05) is 123 Å². The number of halogens is 20. The third-order valence-corrected chi connectivity index (χ3v) is 21.4. The Morgan fingerprint density at radius 3 is 1.10 bits per heavy atom. The van der Waals surface area contributed by atoms with Gasteiger partial charge in [0.25, 0.3) is 5.91 Å². The summed E-state index contributed by atoms with van der Waals surface area (Å²) in [5, 5.41) is 48.0. The number of nitriles is 2. The number of hydrogen-bond acceptors (Lipinski definition) is 11. The Kier molecular flexibility index (Phi) is 36.4. The topological polar surface area (TPSA) is 269 Å². The second kappa shape index (κ2) is 46.9. The van der Waals surface area contributed by atoms with Crippen molar-refractivity contribution >= 4 is 226 Å². The fourth-order valence-electron chi connectivity index (χ4n) is 11.5. The van der Waals surface area contributed by atoms with Crippen LogP contribution in [-0.4, -0.2) is 67.1 Å². The molecule has 0 bridgehead atoms. The molecule has 4 unspecified atom stereocenters. The molecule has 1 amide bonds. The molecule has 0 aliphatic rings. The zero-order valence-electron chi connectivity index (χ0n) is 64.0. The van der Waals surface area contributed by atoms with Crippen LogP contribution in [0.5, 0.6) is 0 Å². The van der Waals surface area contributed by atoms with E-state index in [1.807, 2.05) is 50.6 Å². The van der Waals surface area contributed by atoms with Crippen LogP contribution in [0.15, 0.2) is 266 Å². The van der Waals surface area contributed by atoms with Gasteiger partial charge < -0.3 is 44.9 Å². The van der Waals surface area contributed by atoms with Gasteiger partial charge >= 0.3 is 12.4 Å². The highest BCUT2D eigenvalue weighted by molar-refractivity contribution is 7.80. The lowest BCUT2D eigenvalue weighted by Gasteiger charge is -2.23. The minimum absolute atomic E-state index is 0.103. The highest BCUT2D eigenvalue weighted by Crippen LogP contribution is 2.42. The Morgan fingerprint density at radius 1 is 0.389 bits per heavy atom. The number of carbonyl (C=O) groups is 1. The normalized spacial score (nSPS) is 12.5. The monoisotopic (exact) mass is 2000 g/mol. The molecule has 8 N–H and O–H groups in total. The number of nitrogens with one attached hydrogen (secondary N) is 8. The first-order valence-corrected chi connectivity index (χ1v) is 41.9. The van der Waals surface area contributed by atoms with Gasteiger partial charge in [-0.3, -0.25) is 20.7 Å². The van der Waals surface area contributed by atoms with Crippen LogP contribution >= 0.6 is 175 Å². The molecule has 0 aliphatic heterocycles. The lowest BCUT2D eigenvalue weighted by Crippen LogP contribution is -2.36. The summed E-state index contributed by atoms with van der Waals surface area (Å²) in [4.78, 5) is 42.7. The van der Waals surface area contributed by atoms with E-state index in [0.717, 1.165) is 16.7 Å². The molecule has 22 nitrogen and oxygen atoms in total. The van der Waals surface area contributed by atoms with Gasteiger partial charge in [0.1, 0.15) is 0 Å². The lowest BCUT2D eigenvalue weighted by molar-refractivity contribution is -0.142. The van der Waals surface area contributed by atoms with Crippen molar-refractivity contribution in [3.63, 3.8) is 0 Å². The quantitative estimate of drug-likeness (QED) is 0.00830. The lowest BCUT2D eigenvalue weighted by atomic mass is 9.97. The Balaban J connectivity index is 0.000000176. The van der Waals surface area contributed by atoms with E-state index in [1.54, 1.807) is 171 Å². The average molecular weight is 2010 g/mol. The molecular formula is C83H61Cl14F6N21OS. The average Bonchev–Trinajstić information content (AvgIpc) is 1.24. The number of aliphatic imine (C=N–C) groups is 3. The van der Waals surface area contributed by atoms with Crippen molar-refractivity contribution in [3.05, 3.63) is 360 Å². The number of amides is 1. The molecule has 13 rings (SSSR count). The van der Waals surface area contributed by atoms with E-state index in [1.165, 1.54) is 41.5 Å². The molecule has 4 atom stereocenters. The summed E-state index contributed by atoms with van der Waals surface area (Å²) in [6, 6.07) is 42.2. The molecule has 4 heterocycles. The van der Waals surface area contributed by atoms with Crippen molar-refractivity contribution in [2.45, 2.75) is 62.7 Å². The first-order valence-electron chi connectivity index (χ1n) is 36.2. The molecule has 0 fully saturated rings. The van der Waals surface area contributed by atoms with Gasteiger partial charge in [-0.15, -0.1) is 0 Å². The first kappa shape index (κ1) is 97.8. The molecule has 13 aromatic rings. The number of anilines is 4. The van der Waals surface area contributed by atoms with Gasteiger partial charge in [-0.1, -0.05) is 181 Å². The SMILES string of the molecule is N#CNC(=NC(Cn1ccnc1)c1cc(C(F)(F)F)ccc1C(F)(F)F)Nc1ccc(Cl)cc1Cl.N#CNC(=NC(Cn1ccnc1)c1ccc(Cl)cc1Cl)Nc1ccc(Cl)cc1Cl.O=C(NC(=NC(Cn1ccnc1)c1ccc(Cl)cc1Cl)Nc1ccc(Cl)cc1)c1ccc(Cl)cc1.S=C(Nc1ccc(Cl)cc1Cl)NC(Cn1ccnc1)c1ccc(Cl)cc1Cl. The van der Waals surface area contributed by atoms with Crippen LogP contribution in [0.3, 0.4) is 0 Å². The summed E-state index contributed by atoms with van der Waals surface area (Å²) in [5.74, 6) is -0.283. The predicted octanol–water partition coefficient (Wildman–Crippen LogP) is 25.6. The number of carbonyl (C=O) groups excluding carboxylic acids is 1. The Hall–Kier alpha value is -10.4. The first-order chi connectivity index (χ1) is 60.1. The maximum atomic E-state index is 13.8. The molecule has 0 radical (unpaired) electrons. The minimum atomic E-state index is -4.97. The highest BCUT2D eigenvalue weighted by Gasteiger charge is 2.39. The number of nitrogens with zero attached hydrogens (tertiary/aromatic N) is 13. The van der Waals surface area contributed by atoms with Crippen LogP contribution < -0.4 is 42.5 Å². The fourth-order valence-corrected chi connectivity index (χ4v) is 15.0. The zero-order valence-corrected chi connectivity index (χ0v) is 75.4. The minimum Gasteiger partial charge on any atom is -0.354 e.